The molecule has 0 bridgehead atoms. The maximum atomic E-state index is 10.3. The Hall–Kier alpha value is -3.63. The number of hydrogen-bond acceptors (Lipinski definition) is 4. The number of oxazole rings is 1. The lowest BCUT2D eigenvalue weighted by atomic mass is 10.0. The molecule has 0 amide bonds. The molecule has 1 N–H and O–H groups in total. The van der Waals surface area contributed by atoms with Gasteiger partial charge in [-0.25, -0.2) is 4.98 Å². The molecule has 0 spiro atoms. The van der Waals surface area contributed by atoms with Crippen molar-refractivity contribution in [3.8, 4) is 17.2 Å². The summed E-state index contributed by atoms with van der Waals surface area (Å²) in [6, 6.07) is 24.4. The number of aromatic hydroxyl groups is 1. The summed E-state index contributed by atoms with van der Waals surface area (Å²) in [5.74, 6) is 0.627. The van der Waals surface area contributed by atoms with Gasteiger partial charge in [0.1, 0.15) is 11.3 Å². The molecule has 0 atom stereocenters. The third-order valence-electron chi connectivity index (χ3n) is 4.76. The van der Waals surface area contributed by atoms with E-state index in [1.165, 1.54) is 0 Å². The molecule has 4 aromatic carbocycles. The monoisotopic (exact) mass is 398 g/mol. The fourth-order valence-corrected chi connectivity index (χ4v) is 3.50. The maximum Gasteiger partial charge on any atom is 0.228 e. The molecule has 5 heteroatoms. The average molecular weight is 399 g/mol. The van der Waals surface area contributed by atoms with Gasteiger partial charge in [-0.2, -0.15) is 0 Å². The number of phenolic OH excluding ortho intramolecular Hbond substituents is 1. The second kappa shape index (κ2) is 7.08. The van der Waals surface area contributed by atoms with Crippen molar-refractivity contribution in [3.05, 3.63) is 89.4 Å². The Morgan fingerprint density at radius 3 is 2.66 bits per heavy atom. The van der Waals surface area contributed by atoms with Gasteiger partial charge in [-0.15, -0.1) is 0 Å². The van der Waals surface area contributed by atoms with Crippen molar-refractivity contribution in [2.24, 2.45) is 4.99 Å². The van der Waals surface area contributed by atoms with E-state index in [1.54, 1.807) is 18.3 Å². The fourth-order valence-electron chi connectivity index (χ4n) is 3.30. The van der Waals surface area contributed by atoms with Crippen LogP contribution in [0.5, 0.6) is 5.75 Å². The highest BCUT2D eigenvalue weighted by Crippen LogP contribution is 2.33. The van der Waals surface area contributed by atoms with Crippen molar-refractivity contribution < 1.29 is 9.52 Å². The zero-order valence-electron chi connectivity index (χ0n) is 15.2. The van der Waals surface area contributed by atoms with Gasteiger partial charge in [-0.1, -0.05) is 54.1 Å². The lowest BCUT2D eigenvalue weighted by Gasteiger charge is -2.05. The minimum Gasteiger partial charge on any atom is -0.507 e. The normalized spacial score (nSPS) is 11.6. The van der Waals surface area contributed by atoms with Crippen molar-refractivity contribution in [1.82, 2.24) is 4.98 Å². The predicted octanol–water partition coefficient (Wildman–Crippen LogP) is 6.76. The summed E-state index contributed by atoms with van der Waals surface area (Å²) in [6.07, 6.45) is 1.66. The number of fused-ring (bicyclic) bond motifs is 2. The summed E-state index contributed by atoms with van der Waals surface area (Å²) in [6.45, 7) is 0. The number of aliphatic imine (C=N–C) groups is 1. The van der Waals surface area contributed by atoms with Crippen LogP contribution in [0.3, 0.4) is 0 Å². The van der Waals surface area contributed by atoms with Gasteiger partial charge in [0.15, 0.2) is 5.58 Å². The molecule has 4 nitrogen and oxygen atoms in total. The molecule has 5 rings (SSSR count). The minimum atomic E-state index is 0.181. The van der Waals surface area contributed by atoms with Gasteiger partial charge in [0.2, 0.25) is 5.89 Å². The molecule has 1 heterocycles. The van der Waals surface area contributed by atoms with Gasteiger partial charge in [-0.3, -0.25) is 4.99 Å². The fraction of sp³-hybridized carbons (Fsp3) is 0. The largest absolute Gasteiger partial charge is 0.507 e. The molecule has 0 radical (unpaired) electrons. The molecule has 1 aromatic heterocycles. The second-order valence-corrected chi connectivity index (χ2v) is 7.04. The maximum absolute atomic E-state index is 10.3. The van der Waals surface area contributed by atoms with Crippen LogP contribution in [0.15, 0.2) is 88.3 Å². The Morgan fingerprint density at radius 1 is 0.931 bits per heavy atom. The Bertz CT molecular complexity index is 1360. The van der Waals surface area contributed by atoms with E-state index in [1.807, 2.05) is 66.7 Å². The third-order valence-corrected chi connectivity index (χ3v) is 5.09. The first-order valence-corrected chi connectivity index (χ1v) is 9.47. The molecule has 29 heavy (non-hydrogen) atoms. The Balaban J connectivity index is 1.57. The molecule has 0 saturated carbocycles. The number of phenols is 1. The standard InChI is InChI=1S/C24H15ClN2O2/c25-20-11-10-16(13-18(20)24-27-21-7-3-4-8-23(21)29-24)26-14-19-17-6-2-1-5-15(17)9-12-22(19)28/h1-14,28H. The second-order valence-electron chi connectivity index (χ2n) is 6.63. The number of para-hydroxylation sites is 2. The number of nitrogens with zero attached hydrogens (tertiary/aromatic N) is 2. The van der Waals surface area contributed by atoms with Crippen LogP contribution in [-0.4, -0.2) is 16.3 Å². The summed E-state index contributed by atoms with van der Waals surface area (Å²) in [5, 5.41) is 12.8. The minimum absolute atomic E-state index is 0.181. The van der Waals surface area contributed by atoms with Gasteiger partial charge in [0.05, 0.1) is 16.3 Å². The Morgan fingerprint density at radius 2 is 1.76 bits per heavy atom. The molecule has 0 unspecified atom stereocenters. The molecular weight excluding hydrogens is 384 g/mol. The summed E-state index contributed by atoms with van der Waals surface area (Å²) in [7, 11) is 0. The molecule has 0 saturated heterocycles. The van der Waals surface area contributed by atoms with E-state index < -0.39 is 0 Å². The first-order valence-electron chi connectivity index (χ1n) is 9.09. The zero-order chi connectivity index (χ0) is 19.8. The lowest BCUT2D eigenvalue weighted by Crippen LogP contribution is -1.86. The molecule has 0 aliphatic heterocycles. The number of rotatable bonds is 3. The number of hydrogen-bond donors (Lipinski definition) is 1. The van der Waals surface area contributed by atoms with Crippen molar-refractivity contribution in [2.75, 3.05) is 0 Å². The Kier molecular flexibility index (Phi) is 4.26. The van der Waals surface area contributed by atoms with Gasteiger partial charge in [0.25, 0.3) is 0 Å². The number of benzene rings is 4. The highest BCUT2D eigenvalue weighted by molar-refractivity contribution is 6.33. The van der Waals surface area contributed by atoms with E-state index >= 15 is 0 Å². The van der Waals surface area contributed by atoms with Crippen molar-refractivity contribution in [1.29, 1.82) is 0 Å². The van der Waals surface area contributed by atoms with Crippen LogP contribution >= 0.6 is 11.6 Å². The highest BCUT2D eigenvalue weighted by Gasteiger charge is 2.12. The molecule has 0 aliphatic rings. The van der Waals surface area contributed by atoms with E-state index in [0.717, 1.165) is 16.3 Å². The van der Waals surface area contributed by atoms with Gasteiger partial charge in [-0.05, 0) is 47.2 Å². The number of halogens is 1. The SMILES string of the molecule is Oc1ccc2ccccc2c1C=Nc1ccc(Cl)c(-c2nc3ccccc3o2)c1. The van der Waals surface area contributed by atoms with E-state index in [4.69, 9.17) is 16.0 Å². The van der Waals surface area contributed by atoms with Crippen molar-refractivity contribution in [2.45, 2.75) is 0 Å². The smallest absolute Gasteiger partial charge is 0.228 e. The number of aromatic nitrogens is 1. The lowest BCUT2D eigenvalue weighted by molar-refractivity contribution is 0.475. The van der Waals surface area contributed by atoms with Crippen LogP contribution in [0.2, 0.25) is 5.02 Å². The average Bonchev–Trinajstić information content (AvgIpc) is 3.18. The van der Waals surface area contributed by atoms with Gasteiger partial charge < -0.3 is 9.52 Å². The Labute approximate surface area is 171 Å². The summed E-state index contributed by atoms with van der Waals surface area (Å²) >= 11 is 6.39. The van der Waals surface area contributed by atoms with Crippen LogP contribution in [0, 0.1) is 0 Å². The quantitative estimate of drug-likeness (QED) is 0.341. The van der Waals surface area contributed by atoms with E-state index in [-0.39, 0.29) is 5.75 Å². The van der Waals surface area contributed by atoms with Crippen molar-refractivity contribution >= 4 is 45.4 Å². The van der Waals surface area contributed by atoms with E-state index in [9.17, 15) is 5.11 Å². The van der Waals surface area contributed by atoms with Crippen LogP contribution in [0.1, 0.15) is 5.56 Å². The first kappa shape index (κ1) is 17.5. The van der Waals surface area contributed by atoms with Gasteiger partial charge >= 0.3 is 0 Å². The van der Waals surface area contributed by atoms with Crippen molar-refractivity contribution in [3.63, 3.8) is 0 Å². The summed E-state index contributed by atoms with van der Waals surface area (Å²) in [5.41, 5.74) is 3.49. The summed E-state index contributed by atoms with van der Waals surface area (Å²) < 4.78 is 5.84. The summed E-state index contributed by atoms with van der Waals surface area (Å²) in [4.78, 5) is 9.07. The molecular formula is C24H15ClN2O2. The third kappa shape index (κ3) is 3.24. The first-order chi connectivity index (χ1) is 14.2. The van der Waals surface area contributed by atoms with E-state index in [2.05, 4.69) is 9.98 Å². The molecule has 5 aromatic rings. The predicted molar refractivity (Wildman–Crippen MR) is 117 cm³/mol. The zero-order valence-corrected chi connectivity index (χ0v) is 16.0. The molecule has 140 valence electrons. The van der Waals surface area contributed by atoms with Crippen LogP contribution in [-0.2, 0) is 0 Å². The molecule has 0 aliphatic carbocycles. The van der Waals surface area contributed by atoms with Crippen LogP contribution < -0.4 is 0 Å². The topological polar surface area (TPSA) is 58.6 Å². The van der Waals surface area contributed by atoms with E-state index in [0.29, 0.717) is 33.3 Å². The molecule has 0 fully saturated rings. The van der Waals surface area contributed by atoms with Crippen LogP contribution in [0.4, 0.5) is 5.69 Å². The van der Waals surface area contributed by atoms with Gasteiger partial charge in [0, 0.05) is 11.8 Å². The van der Waals surface area contributed by atoms with Crippen LogP contribution in [0.25, 0.3) is 33.3 Å². The highest BCUT2D eigenvalue weighted by atomic mass is 35.5.